The molecule has 0 spiro atoms. The van der Waals surface area contributed by atoms with Crippen molar-refractivity contribution in [1.29, 1.82) is 0 Å². The fourth-order valence-corrected chi connectivity index (χ4v) is 1.89. The van der Waals surface area contributed by atoms with Crippen molar-refractivity contribution in [2.75, 3.05) is 19.7 Å². The molecule has 1 aromatic rings. The van der Waals surface area contributed by atoms with E-state index in [9.17, 15) is 4.79 Å². The van der Waals surface area contributed by atoms with Crippen LogP contribution in [-0.2, 0) is 16.0 Å². The van der Waals surface area contributed by atoms with E-state index < -0.39 is 5.97 Å². The first-order chi connectivity index (χ1) is 8.56. The van der Waals surface area contributed by atoms with Gasteiger partial charge >= 0.3 is 5.97 Å². The topological polar surface area (TPSA) is 88.7 Å². The second-order valence-corrected chi connectivity index (χ2v) is 4.56. The van der Waals surface area contributed by atoms with E-state index in [1.807, 2.05) is 0 Å². The number of carbonyl (C=O) groups is 1. The van der Waals surface area contributed by atoms with Gasteiger partial charge in [0, 0.05) is 19.1 Å². The van der Waals surface area contributed by atoms with Crippen molar-refractivity contribution in [2.24, 2.45) is 0 Å². The summed E-state index contributed by atoms with van der Waals surface area (Å²) in [6.45, 7) is 6.44. The highest BCUT2D eigenvalue weighted by Gasteiger charge is 2.27. The number of rotatable bonds is 4. The smallest absolute Gasteiger partial charge is 0.312 e. The monoisotopic (exact) mass is 255 g/mol. The van der Waals surface area contributed by atoms with Crippen LogP contribution < -0.4 is 0 Å². The molecule has 1 aromatic heterocycles. The summed E-state index contributed by atoms with van der Waals surface area (Å²) in [5.41, 5.74) is 0. The number of aromatic nitrogens is 2. The van der Waals surface area contributed by atoms with Crippen molar-refractivity contribution in [3.05, 3.63) is 11.7 Å². The number of ether oxygens (including phenoxy) is 1. The zero-order valence-corrected chi connectivity index (χ0v) is 10.5. The minimum absolute atomic E-state index is 0.114. The third-order valence-electron chi connectivity index (χ3n) is 2.90. The summed E-state index contributed by atoms with van der Waals surface area (Å²) in [6, 6.07) is 0.432. The molecule has 1 atom stereocenters. The van der Waals surface area contributed by atoms with Crippen LogP contribution in [0.3, 0.4) is 0 Å². The van der Waals surface area contributed by atoms with E-state index in [1.54, 1.807) is 0 Å². The van der Waals surface area contributed by atoms with Crippen molar-refractivity contribution in [3.8, 4) is 0 Å². The number of morpholine rings is 1. The average Bonchev–Trinajstić information content (AvgIpc) is 2.77. The Morgan fingerprint density at radius 1 is 1.61 bits per heavy atom. The SMILES string of the molecule is CC(C)N1CCOC(c2noc(CC(=O)O)n2)C1. The fourth-order valence-electron chi connectivity index (χ4n) is 1.89. The highest BCUT2D eigenvalue weighted by molar-refractivity contribution is 5.68. The molecule has 1 N–H and O–H groups in total. The van der Waals surface area contributed by atoms with Crippen molar-refractivity contribution in [1.82, 2.24) is 15.0 Å². The Kier molecular flexibility index (Phi) is 3.93. The van der Waals surface area contributed by atoms with Crippen molar-refractivity contribution in [3.63, 3.8) is 0 Å². The summed E-state index contributed by atoms with van der Waals surface area (Å²) < 4.78 is 10.5. The molecule has 18 heavy (non-hydrogen) atoms. The largest absolute Gasteiger partial charge is 0.481 e. The number of carboxylic acids is 1. The molecular formula is C11H17N3O4. The van der Waals surface area contributed by atoms with Gasteiger partial charge in [-0.05, 0) is 13.8 Å². The van der Waals surface area contributed by atoms with Crippen LogP contribution in [0.2, 0.25) is 0 Å². The van der Waals surface area contributed by atoms with Crippen LogP contribution in [0.15, 0.2) is 4.52 Å². The third kappa shape index (κ3) is 3.05. The molecule has 7 heteroatoms. The molecule has 1 fully saturated rings. The van der Waals surface area contributed by atoms with Gasteiger partial charge in [0.25, 0.3) is 0 Å². The molecule has 1 unspecified atom stereocenters. The van der Waals surface area contributed by atoms with Crippen LogP contribution in [0.5, 0.6) is 0 Å². The molecule has 2 rings (SSSR count). The van der Waals surface area contributed by atoms with Crippen LogP contribution >= 0.6 is 0 Å². The van der Waals surface area contributed by atoms with Crippen molar-refractivity contribution < 1.29 is 19.2 Å². The number of hydrogen-bond acceptors (Lipinski definition) is 6. The van der Waals surface area contributed by atoms with E-state index in [-0.39, 0.29) is 18.4 Å². The summed E-state index contributed by atoms with van der Waals surface area (Å²) in [6.07, 6.45) is -0.499. The number of aliphatic carboxylic acids is 1. The lowest BCUT2D eigenvalue weighted by Gasteiger charge is -2.34. The summed E-state index contributed by atoms with van der Waals surface area (Å²) in [7, 11) is 0. The van der Waals surface area contributed by atoms with Gasteiger partial charge in [-0.2, -0.15) is 4.98 Å². The fraction of sp³-hybridized carbons (Fsp3) is 0.727. The quantitative estimate of drug-likeness (QED) is 0.836. The highest BCUT2D eigenvalue weighted by atomic mass is 16.5. The Morgan fingerprint density at radius 2 is 2.39 bits per heavy atom. The van der Waals surface area contributed by atoms with E-state index in [4.69, 9.17) is 14.4 Å². The predicted molar refractivity (Wildman–Crippen MR) is 61.0 cm³/mol. The Bertz CT molecular complexity index is 418. The lowest BCUT2D eigenvalue weighted by molar-refractivity contribution is -0.136. The van der Waals surface area contributed by atoms with Gasteiger partial charge < -0.3 is 14.4 Å². The Balaban J connectivity index is 2.02. The normalized spacial score (nSPS) is 21.4. The van der Waals surface area contributed by atoms with Crippen molar-refractivity contribution in [2.45, 2.75) is 32.4 Å². The standard InChI is InChI=1S/C11H17N3O4/c1-7(2)14-3-4-17-8(6-14)11-12-9(18-13-11)5-10(15)16/h7-8H,3-6H2,1-2H3,(H,15,16). The Hall–Kier alpha value is -1.47. The minimum Gasteiger partial charge on any atom is -0.481 e. The van der Waals surface area contributed by atoms with Gasteiger partial charge in [-0.25, -0.2) is 0 Å². The lowest BCUT2D eigenvalue weighted by atomic mass is 10.2. The van der Waals surface area contributed by atoms with Gasteiger partial charge in [-0.15, -0.1) is 0 Å². The molecule has 0 radical (unpaired) electrons. The summed E-state index contributed by atoms with van der Waals surface area (Å²) in [5.74, 6) is -0.446. The van der Waals surface area contributed by atoms with Crippen LogP contribution in [0.4, 0.5) is 0 Å². The molecule has 100 valence electrons. The molecule has 0 bridgehead atoms. The molecule has 1 saturated heterocycles. The first-order valence-corrected chi connectivity index (χ1v) is 5.96. The maximum Gasteiger partial charge on any atom is 0.312 e. The summed E-state index contributed by atoms with van der Waals surface area (Å²) in [5, 5.41) is 12.4. The van der Waals surface area contributed by atoms with Gasteiger partial charge in [0.05, 0.1) is 6.61 Å². The first-order valence-electron chi connectivity index (χ1n) is 5.96. The maximum absolute atomic E-state index is 10.5. The van der Waals surface area contributed by atoms with Crippen LogP contribution in [0, 0.1) is 0 Å². The molecule has 0 aromatic carbocycles. The summed E-state index contributed by atoms with van der Waals surface area (Å²) >= 11 is 0. The Labute approximate surface area is 105 Å². The van der Waals surface area contributed by atoms with Crippen LogP contribution in [-0.4, -0.2) is 51.9 Å². The second kappa shape index (κ2) is 5.45. The van der Waals surface area contributed by atoms with Gasteiger partial charge in [0.15, 0.2) is 0 Å². The molecular weight excluding hydrogens is 238 g/mol. The van der Waals surface area contributed by atoms with Gasteiger partial charge in [-0.1, -0.05) is 5.16 Å². The third-order valence-corrected chi connectivity index (χ3v) is 2.90. The zero-order chi connectivity index (χ0) is 13.1. The molecule has 1 aliphatic heterocycles. The average molecular weight is 255 g/mol. The van der Waals surface area contributed by atoms with Gasteiger partial charge in [0.2, 0.25) is 11.7 Å². The molecule has 0 aliphatic carbocycles. The predicted octanol–water partition coefficient (Wildman–Crippen LogP) is 0.478. The number of carboxylic acid groups (broad SMARTS) is 1. The number of hydrogen-bond donors (Lipinski definition) is 1. The minimum atomic E-state index is -0.987. The second-order valence-electron chi connectivity index (χ2n) is 4.56. The van der Waals surface area contributed by atoms with Crippen LogP contribution in [0.1, 0.15) is 31.7 Å². The lowest BCUT2D eigenvalue weighted by Crippen LogP contribution is -2.42. The van der Waals surface area contributed by atoms with Crippen LogP contribution in [0.25, 0.3) is 0 Å². The zero-order valence-electron chi connectivity index (χ0n) is 10.5. The van der Waals surface area contributed by atoms with E-state index >= 15 is 0 Å². The van der Waals surface area contributed by atoms with Gasteiger partial charge in [-0.3, -0.25) is 9.69 Å². The van der Waals surface area contributed by atoms with E-state index in [0.717, 1.165) is 6.54 Å². The number of nitrogens with zero attached hydrogens (tertiary/aromatic N) is 3. The van der Waals surface area contributed by atoms with Gasteiger partial charge in [0.1, 0.15) is 12.5 Å². The summed E-state index contributed by atoms with van der Waals surface area (Å²) in [4.78, 5) is 16.9. The first kappa shape index (κ1) is 13.0. The van der Waals surface area contributed by atoms with E-state index in [0.29, 0.717) is 25.0 Å². The van der Waals surface area contributed by atoms with Crippen molar-refractivity contribution >= 4 is 5.97 Å². The highest BCUT2D eigenvalue weighted by Crippen LogP contribution is 2.21. The van der Waals surface area contributed by atoms with E-state index in [1.165, 1.54) is 0 Å². The molecule has 2 heterocycles. The van der Waals surface area contributed by atoms with E-state index in [2.05, 4.69) is 28.9 Å². The molecule has 1 aliphatic rings. The molecule has 7 nitrogen and oxygen atoms in total. The Morgan fingerprint density at radius 3 is 3.06 bits per heavy atom. The molecule has 0 saturated carbocycles. The molecule has 0 amide bonds. The maximum atomic E-state index is 10.5.